The van der Waals surface area contributed by atoms with Crippen LogP contribution in [0.2, 0.25) is 0 Å². The molecule has 0 aliphatic rings. The van der Waals surface area contributed by atoms with Crippen molar-refractivity contribution >= 4 is 0 Å². The average Bonchev–Trinajstić information content (AvgIpc) is 2.65. The molecule has 1 aromatic carbocycles. The number of nitrogens with zero attached hydrogens (tertiary/aromatic N) is 3. The van der Waals surface area contributed by atoms with Gasteiger partial charge in [0.15, 0.2) is 5.82 Å². The highest BCUT2D eigenvalue weighted by Gasteiger charge is 2.01. The fraction of sp³-hybridized carbons (Fsp3) is 0.273. The van der Waals surface area contributed by atoms with Crippen LogP contribution in [0.1, 0.15) is 12.5 Å². The molecule has 0 atom stereocenters. The number of hydrogen-bond acceptors (Lipinski definition) is 2. The maximum absolute atomic E-state index is 4.24. The second-order valence-corrected chi connectivity index (χ2v) is 3.29. The van der Waals surface area contributed by atoms with E-state index in [0.717, 1.165) is 17.8 Å². The summed E-state index contributed by atoms with van der Waals surface area (Å²) in [6.07, 6.45) is 2.78. The molecule has 1 aromatic heterocycles. The highest BCUT2D eigenvalue weighted by Crippen LogP contribution is 2.14. The van der Waals surface area contributed by atoms with Crippen molar-refractivity contribution in [2.45, 2.75) is 13.3 Å². The molecule has 0 aliphatic carbocycles. The van der Waals surface area contributed by atoms with Crippen LogP contribution in [0.15, 0.2) is 30.6 Å². The normalized spacial score (nSPS) is 10.4. The van der Waals surface area contributed by atoms with Crippen molar-refractivity contribution in [3.8, 4) is 11.4 Å². The van der Waals surface area contributed by atoms with Gasteiger partial charge in [-0.25, -0.2) is 4.98 Å². The van der Waals surface area contributed by atoms with Crippen LogP contribution in [0, 0.1) is 0 Å². The number of hydrogen-bond donors (Lipinski definition) is 0. The maximum atomic E-state index is 4.24. The van der Waals surface area contributed by atoms with E-state index in [2.05, 4.69) is 41.3 Å². The third-order valence-electron chi connectivity index (χ3n) is 2.22. The number of aromatic nitrogens is 3. The molecule has 0 saturated carbocycles. The Bertz CT molecular complexity index is 414. The van der Waals surface area contributed by atoms with Crippen LogP contribution >= 0.6 is 0 Å². The van der Waals surface area contributed by atoms with E-state index >= 15 is 0 Å². The van der Waals surface area contributed by atoms with E-state index in [9.17, 15) is 0 Å². The van der Waals surface area contributed by atoms with Crippen LogP contribution in [0.5, 0.6) is 0 Å². The lowest BCUT2D eigenvalue weighted by molar-refractivity contribution is 0.768. The van der Waals surface area contributed by atoms with Gasteiger partial charge in [-0.3, -0.25) is 4.68 Å². The van der Waals surface area contributed by atoms with Gasteiger partial charge in [-0.1, -0.05) is 31.2 Å². The zero-order valence-corrected chi connectivity index (χ0v) is 8.44. The highest BCUT2D eigenvalue weighted by atomic mass is 15.3. The molecule has 0 amide bonds. The second-order valence-electron chi connectivity index (χ2n) is 3.29. The fourth-order valence-electron chi connectivity index (χ4n) is 1.36. The molecule has 0 spiro atoms. The first-order chi connectivity index (χ1) is 6.79. The van der Waals surface area contributed by atoms with Crippen LogP contribution in [0.4, 0.5) is 0 Å². The Morgan fingerprint density at radius 1 is 1.21 bits per heavy atom. The molecule has 2 rings (SSSR count). The summed E-state index contributed by atoms with van der Waals surface area (Å²) in [7, 11) is 1.87. The lowest BCUT2D eigenvalue weighted by Crippen LogP contribution is -1.88. The molecule has 3 nitrogen and oxygen atoms in total. The van der Waals surface area contributed by atoms with Crippen molar-refractivity contribution in [2.75, 3.05) is 0 Å². The molecule has 0 fully saturated rings. The fourth-order valence-corrected chi connectivity index (χ4v) is 1.36. The van der Waals surface area contributed by atoms with Crippen molar-refractivity contribution in [1.29, 1.82) is 0 Å². The molecule has 0 unspecified atom stereocenters. The summed E-state index contributed by atoms with van der Waals surface area (Å²) in [5, 5.41) is 4.24. The van der Waals surface area contributed by atoms with Crippen molar-refractivity contribution in [3.63, 3.8) is 0 Å². The van der Waals surface area contributed by atoms with Crippen molar-refractivity contribution < 1.29 is 0 Å². The quantitative estimate of drug-likeness (QED) is 0.720. The lowest BCUT2D eigenvalue weighted by atomic mass is 10.1. The first kappa shape index (κ1) is 8.94. The molecule has 0 saturated heterocycles. The molecule has 0 radical (unpaired) electrons. The number of benzene rings is 1. The standard InChI is InChI=1S/C11H13N3/c1-3-9-4-6-10(7-5-9)11-12-8-14(2)13-11/h4-8H,3H2,1-2H3. The SMILES string of the molecule is CCc1ccc(-c2ncn(C)n2)cc1. The van der Waals surface area contributed by atoms with Gasteiger partial charge >= 0.3 is 0 Å². The molecule has 0 N–H and O–H groups in total. The van der Waals surface area contributed by atoms with Crippen molar-refractivity contribution in [3.05, 3.63) is 36.2 Å². The zero-order chi connectivity index (χ0) is 9.97. The Kier molecular flexibility index (Phi) is 2.31. The first-order valence-corrected chi connectivity index (χ1v) is 4.74. The minimum absolute atomic E-state index is 0.787. The highest BCUT2D eigenvalue weighted by molar-refractivity contribution is 5.54. The van der Waals surface area contributed by atoms with Gasteiger partial charge in [0, 0.05) is 12.6 Å². The number of rotatable bonds is 2. The largest absolute Gasteiger partial charge is 0.255 e. The smallest absolute Gasteiger partial charge is 0.181 e. The minimum Gasteiger partial charge on any atom is -0.255 e. The van der Waals surface area contributed by atoms with Gasteiger partial charge in [0.2, 0.25) is 0 Å². The lowest BCUT2D eigenvalue weighted by Gasteiger charge is -1.97. The summed E-state index contributed by atoms with van der Waals surface area (Å²) in [5.74, 6) is 0.787. The molecular weight excluding hydrogens is 174 g/mol. The molecule has 14 heavy (non-hydrogen) atoms. The molecular formula is C11H13N3. The predicted molar refractivity (Wildman–Crippen MR) is 55.8 cm³/mol. The van der Waals surface area contributed by atoms with Gasteiger partial charge in [-0.05, 0) is 12.0 Å². The summed E-state index contributed by atoms with van der Waals surface area (Å²) in [5.41, 5.74) is 2.41. The Balaban J connectivity index is 2.33. The Hall–Kier alpha value is -1.64. The molecule has 0 bridgehead atoms. The van der Waals surface area contributed by atoms with Crippen molar-refractivity contribution in [2.24, 2.45) is 7.05 Å². The molecule has 2 aromatic rings. The Morgan fingerprint density at radius 3 is 2.43 bits per heavy atom. The van der Waals surface area contributed by atoms with Gasteiger partial charge in [0.05, 0.1) is 0 Å². The third kappa shape index (κ3) is 1.66. The van der Waals surface area contributed by atoms with Gasteiger partial charge in [0.1, 0.15) is 6.33 Å². The Labute approximate surface area is 83.4 Å². The van der Waals surface area contributed by atoms with Crippen LogP contribution in [-0.2, 0) is 13.5 Å². The molecule has 3 heteroatoms. The minimum atomic E-state index is 0.787. The average molecular weight is 187 g/mol. The van der Waals surface area contributed by atoms with Crippen LogP contribution in [-0.4, -0.2) is 14.8 Å². The first-order valence-electron chi connectivity index (χ1n) is 4.74. The maximum Gasteiger partial charge on any atom is 0.181 e. The Morgan fingerprint density at radius 2 is 1.93 bits per heavy atom. The van der Waals surface area contributed by atoms with E-state index in [1.165, 1.54) is 5.56 Å². The summed E-state index contributed by atoms with van der Waals surface area (Å²) >= 11 is 0. The van der Waals surface area contributed by atoms with E-state index in [0.29, 0.717) is 0 Å². The van der Waals surface area contributed by atoms with E-state index < -0.39 is 0 Å². The summed E-state index contributed by atoms with van der Waals surface area (Å²) in [4.78, 5) is 4.19. The van der Waals surface area contributed by atoms with Gasteiger partial charge in [0.25, 0.3) is 0 Å². The topological polar surface area (TPSA) is 30.7 Å². The van der Waals surface area contributed by atoms with E-state index in [1.54, 1.807) is 11.0 Å². The van der Waals surface area contributed by atoms with Crippen molar-refractivity contribution in [1.82, 2.24) is 14.8 Å². The molecule has 0 aliphatic heterocycles. The van der Waals surface area contributed by atoms with E-state index in [-0.39, 0.29) is 0 Å². The monoisotopic (exact) mass is 187 g/mol. The van der Waals surface area contributed by atoms with Gasteiger partial charge < -0.3 is 0 Å². The summed E-state index contributed by atoms with van der Waals surface area (Å²) in [6.45, 7) is 2.15. The summed E-state index contributed by atoms with van der Waals surface area (Å²) in [6, 6.07) is 8.36. The van der Waals surface area contributed by atoms with Crippen LogP contribution in [0.3, 0.4) is 0 Å². The second kappa shape index (κ2) is 3.62. The van der Waals surface area contributed by atoms with E-state index in [4.69, 9.17) is 0 Å². The molecule has 72 valence electrons. The van der Waals surface area contributed by atoms with E-state index in [1.807, 2.05) is 7.05 Å². The van der Waals surface area contributed by atoms with Gasteiger partial charge in [-0.2, -0.15) is 5.10 Å². The predicted octanol–water partition coefficient (Wildman–Crippen LogP) is 2.04. The zero-order valence-electron chi connectivity index (χ0n) is 8.44. The number of aryl methyl sites for hydroxylation is 2. The molecule has 1 heterocycles. The summed E-state index contributed by atoms with van der Waals surface area (Å²) < 4.78 is 1.71. The van der Waals surface area contributed by atoms with Crippen LogP contribution in [0.25, 0.3) is 11.4 Å². The van der Waals surface area contributed by atoms with Gasteiger partial charge in [-0.15, -0.1) is 0 Å². The third-order valence-corrected chi connectivity index (χ3v) is 2.22. The van der Waals surface area contributed by atoms with Crippen LogP contribution < -0.4 is 0 Å².